The summed E-state index contributed by atoms with van der Waals surface area (Å²) in [6, 6.07) is 7.75. The number of nitrogens with zero attached hydrogens (tertiary/aromatic N) is 1. The lowest BCUT2D eigenvalue weighted by Gasteiger charge is -2.35. The molecule has 1 atom stereocenters. The standard InChI is InChI=1S/C19H26BrNO3/c1-17(2,3)24-16(22)21-13-19(23,12-18(21)9-4-5-10-18)14-7-6-8-15(20)11-14/h6-8,11,23H,4-5,9-10,12-13H2,1-3H3. The highest BCUT2D eigenvalue weighted by atomic mass is 79.9. The lowest BCUT2D eigenvalue weighted by Crippen LogP contribution is -2.47. The van der Waals surface area contributed by atoms with Gasteiger partial charge in [-0.05, 0) is 51.3 Å². The van der Waals surface area contributed by atoms with Crippen LogP contribution in [0.5, 0.6) is 0 Å². The Morgan fingerprint density at radius 3 is 2.54 bits per heavy atom. The SMILES string of the molecule is CC(C)(C)OC(=O)N1CC(O)(c2cccc(Br)c2)CC12CCCC2. The number of aliphatic hydroxyl groups is 1. The van der Waals surface area contributed by atoms with Gasteiger partial charge in [0, 0.05) is 16.4 Å². The molecule has 24 heavy (non-hydrogen) atoms. The number of rotatable bonds is 1. The Balaban J connectivity index is 1.92. The van der Waals surface area contributed by atoms with Crippen LogP contribution in [-0.2, 0) is 10.3 Å². The maximum atomic E-state index is 12.8. The molecule has 1 amide bonds. The normalized spacial score (nSPS) is 26.1. The van der Waals surface area contributed by atoms with Gasteiger partial charge in [-0.3, -0.25) is 4.90 Å². The minimum atomic E-state index is -1.02. The third kappa shape index (κ3) is 3.33. The Hall–Kier alpha value is -1.07. The van der Waals surface area contributed by atoms with E-state index in [2.05, 4.69) is 15.9 Å². The predicted octanol–water partition coefficient (Wildman–Crippen LogP) is 4.59. The van der Waals surface area contributed by atoms with Gasteiger partial charge in [-0.2, -0.15) is 0 Å². The smallest absolute Gasteiger partial charge is 0.410 e. The molecule has 3 rings (SSSR count). The van der Waals surface area contributed by atoms with Gasteiger partial charge in [-0.1, -0.05) is 40.9 Å². The summed E-state index contributed by atoms with van der Waals surface area (Å²) < 4.78 is 6.56. The minimum absolute atomic E-state index is 0.278. The van der Waals surface area contributed by atoms with Crippen LogP contribution < -0.4 is 0 Å². The van der Waals surface area contributed by atoms with E-state index in [1.54, 1.807) is 4.90 Å². The summed E-state index contributed by atoms with van der Waals surface area (Å²) in [5, 5.41) is 11.4. The zero-order chi connectivity index (χ0) is 17.6. The van der Waals surface area contributed by atoms with Crippen molar-refractivity contribution in [2.24, 2.45) is 0 Å². The van der Waals surface area contributed by atoms with E-state index in [1.807, 2.05) is 45.0 Å². The number of hydrogen-bond donors (Lipinski definition) is 1. The first-order chi connectivity index (χ1) is 11.1. The van der Waals surface area contributed by atoms with Gasteiger partial charge in [0.15, 0.2) is 0 Å². The van der Waals surface area contributed by atoms with Gasteiger partial charge in [-0.15, -0.1) is 0 Å². The van der Waals surface area contributed by atoms with Crippen molar-refractivity contribution in [3.63, 3.8) is 0 Å². The molecule has 0 bridgehead atoms. The molecule has 1 spiro atoms. The van der Waals surface area contributed by atoms with Crippen LogP contribution in [0, 0.1) is 0 Å². The number of benzene rings is 1. The van der Waals surface area contributed by atoms with Crippen LogP contribution in [0.4, 0.5) is 4.79 Å². The van der Waals surface area contributed by atoms with Crippen molar-refractivity contribution in [3.05, 3.63) is 34.3 Å². The van der Waals surface area contributed by atoms with Gasteiger partial charge >= 0.3 is 6.09 Å². The van der Waals surface area contributed by atoms with E-state index in [1.165, 1.54) is 0 Å². The van der Waals surface area contributed by atoms with Crippen molar-refractivity contribution in [1.29, 1.82) is 0 Å². The molecule has 0 radical (unpaired) electrons. The fraction of sp³-hybridized carbons (Fsp3) is 0.632. The molecule has 1 heterocycles. The van der Waals surface area contributed by atoms with Gasteiger partial charge in [0.05, 0.1) is 6.54 Å². The molecule has 132 valence electrons. The van der Waals surface area contributed by atoms with Crippen molar-refractivity contribution >= 4 is 22.0 Å². The highest BCUT2D eigenvalue weighted by Gasteiger charge is 2.56. The maximum Gasteiger partial charge on any atom is 0.410 e. The average molecular weight is 396 g/mol. The molecule has 1 saturated heterocycles. The highest BCUT2D eigenvalue weighted by molar-refractivity contribution is 9.10. The molecule has 4 nitrogen and oxygen atoms in total. The molecule has 1 aliphatic heterocycles. The van der Waals surface area contributed by atoms with Crippen LogP contribution in [0.3, 0.4) is 0 Å². The van der Waals surface area contributed by atoms with Crippen molar-refractivity contribution < 1.29 is 14.6 Å². The summed E-state index contributed by atoms with van der Waals surface area (Å²) in [7, 11) is 0. The number of likely N-dealkylation sites (tertiary alicyclic amines) is 1. The van der Waals surface area contributed by atoms with Gasteiger partial charge < -0.3 is 9.84 Å². The molecule has 1 unspecified atom stereocenters. The Labute approximate surface area is 152 Å². The highest BCUT2D eigenvalue weighted by Crippen LogP contribution is 2.50. The second-order valence-electron chi connectivity index (χ2n) is 8.22. The Bertz CT molecular complexity index is 634. The number of carbonyl (C=O) groups excluding carboxylic acids is 1. The molecule has 2 aliphatic rings. The predicted molar refractivity (Wildman–Crippen MR) is 96.8 cm³/mol. The summed E-state index contributed by atoms with van der Waals surface area (Å²) in [4.78, 5) is 14.6. The number of ether oxygens (including phenoxy) is 1. The van der Waals surface area contributed by atoms with Crippen molar-refractivity contribution in [1.82, 2.24) is 4.90 Å². The molecular formula is C19H26BrNO3. The van der Waals surface area contributed by atoms with E-state index in [0.717, 1.165) is 35.7 Å². The summed E-state index contributed by atoms with van der Waals surface area (Å²) in [6.45, 7) is 5.92. The number of hydrogen-bond acceptors (Lipinski definition) is 3. The average Bonchev–Trinajstić information content (AvgIpc) is 3.04. The van der Waals surface area contributed by atoms with Gasteiger partial charge in [-0.25, -0.2) is 4.79 Å². The lowest BCUT2D eigenvalue weighted by atomic mass is 9.84. The molecule has 2 fully saturated rings. The van der Waals surface area contributed by atoms with E-state index in [-0.39, 0.29) is 11.6 Å². The Morgan fingerprint density at radius 2 is 1.96 bits per heavy atom. The molecule has 1 aromatic rings. The monoisotopic (exact) mass is 395 g/mol. The van der Waals surface area contributed by atoms with Gasteiger partial charge in [0.1, 0.15) is 11.2 Å². The first kappa shape index (κ1) is 17.7. The second-order valence-corrected chi connectivity index (χ2v) is 9.13. The minimum Gasteiger partial charge on any atom is -0.444 e. The molecule has 5 heteroatoms. The number of β-amino-alcohol motifs (C(OH)–C–C–N with tert-alkyl or cyclic N) is 1. The van der Waals surface area contributed by atoms with Crippen LogP contribution in [0.25, 0.3) is 0 Å². The maximum absolute atomic E-state index is 12.8. The summed E-state index contributed by atoms with van der Waals surface area (Å²) >= 11 is 3.48. The third-order valence-corrected chi connectivity index (χ3v) is 5.62. The summed E-state index contributed by atoms with van der Waals surface area (Å²) in [5.74, 6) is 0. The topological polar surface area (TPSA) is 49.8 Å². The second kappa shape index (κ2) is 6.03. The molecule has 1 aliphatic carbocycles. The van der Waals surface area contributed by atoms with Crippen molar-refractivity contribution in [3.8, 4) is 0 Å². The number of halogens is 1. The largest absolute Gasteiger partial charge is 0.444 e. The van der Waals surface area contributed by atoms with Gasteiger partial charge in [0.2, 0.25) is 0 Å². The zero-order valence-electron chi connectivity index (χ0n) is 14.6. The molecular weight excluding hydrogens is 370 g/mol. The van der Waals surface area contributed by atoms with E-state index in [4.69, 9.17) is 4.74 Å². The quantitative estimate of drug-likeness (QED) is 0.756. The third-order valence-electron chi connectivity index (χ3n) is 5.12. The van der Waals surface area contributed by atoms with Crippen LogP contribution in [0.15, 0.2) is 28.7 Å². The van der Waals surface area contributed by atoms with E-state index >= 15 is 0 Å². The molecule has 1 N–H and O–H groups in total. The van der Waals surface area contributed by atoms with Crippen LogP contribution in [0.2, 0.25) is 0 Å². The first-order valence-electron chi connectivity index (χ1n) is 8.63. The molecule has 1 aromatic carbocycles. The van der Waals surface area contributed by atoms with Crippen LogP contribution in [0.1, 0.15) is 58.4 Å². The van der Waals surface area contributed by atoms with E-state index in [9.17, 15) is 9.90 Å². The van der Waals surface area contributed by atoms with Crippen LogP contribution >= 0.6 is 15.9 Å². The summed E-state index contributed by atoms with van der Waals surface area (Å²) in [5.41, 5.74) is -0.980. The fourth-order valence-electron chi connectivity index (χ4n) is 4.15. The number of carbonyl (C=O) groups is 1. The Morgan fingerprint density at radius 1 is 1.29 bits per heavy atom. The van der Waals surface area contributed by atoms with E-state index < -0.39 is 11.2 Å². The van der Waals surface area contributed by atoms with E-state index in [0.29, 0.717) is 13.0 Å². The lowest BCUT2D eigenvalue weighted by molar-refractivity contribution is 0.00401. The summed E-state index contributed by atoms with van der Waals surface area (Å²) in [6.07, 6.45) is 4.32. The molecule has 1 saturated carbocycles. The van der Waals surface area contributed by atoms with Crippen molar-refractivity contribution in [2.75, 3.05) is 6.54 Å². The number of amides is 1. The Kier molecular flexibility index (Phi) is 4.45. The zero-order valence-corrected chi connectivity index (χ0v) is 16.2. The van der Waals surface area contributed by atoms with Gasteiger partial charge in [0.25, 0.3) is 0 Å². The molecule has 0 aromatic heterocycles. The van der Waals surface area contributed by atoms with Crippen molar-refractivity contribution in [2.45, 2.75) is 69.6 Å². The van der Waals surface area contributed by atoms with Crippen LogP contribution in [-0.4, -0.2) is 33.8 Å². The fourth-order valence-corrected chi connectivity index (χ4v) is 4.55. The first-order valence-corrected chi connectivity index (χ1v) is 9.42.